The number of rotatable bonds is 4. The number of benzene rings is 1. The normalized spacial score (nSPS) is 22.5. The average Bonchev–Trinajstić information content (AvgIpc) is 2.81. The lowest BCUT2D eigenvalue weighted by Crippen LogP contribution is -2.12. The Kier molecular flexibility index (Phi) is 4.59. The zero-order valence-electron chi connectivity index (χ0n) is 11.9. The van der Waals surface area contributed by atoms with Gasteiger partial charge >= 0.3 is 12.1 Å². The van der Waals surface area contributed by atoms with Crippen molar-refractivity contribution in [2.75, 3.05) is 0 Å². The second-order valence-electron chi connectivity index (χ2n) is 5.92. The third-order valence-electron chi connectivity index (χ3n) is 4.21. The van der Waals surface area contributed by atoms with Crippen molar-refractivity contribution >= 4 is 5.97 Å². The molecule has 0 bridgehead atoms. The summed E-state index contributed by atoms with van der Waals surface area (Å²) in [4.78, 5) is 10.6. The number of halogens is 3. The molecule has 2 unspecified atom stereocenters. The van der Waals surface area contributed by atoms with Gasteiger partial charge in [0.05, 0.1) is 5.56 Å². The molecular weight excluding hydrogens is 281 g/mol. The zero-order valence-corrected chi connectivity index (χ0v) is 11.9. The number of carboxylic acid groups (broad SMARTS) is 1. The number of alkyl halides is 3. The van der Waals surface area contributed by atoms with Crippen LogP contribution in [0.5, 0.6) is 0 Å². The second-order valence-corrected chi connectivity index (χ2v) is 5.92. The Hall–Kier alpha value is -1.52. The van der Waals surface area contributed by atoms with Crippen molar-refractivity contribution in [2.24, 2.45) is 5.92 Å². The van der Waals surface area contributed by atoms with Crippen LogP contribution in [0.25, 0.3) is 0 Å². The van der Waals surface area contributed by atoms with Crippen LogP contribution in [0.1, 0.15) is 55.2 Å². The third-order valence-corrected chi connectivity index (χ3v) is 4.21. The van der Waals surface area contributed by atoms with Gasteiger partial charge in [-0.2, -0.15) is 13.2 Å². The predicted molar refractivity (Wildman–Crippen MR) is 73.2 cm³/mol. The molecule has 1 saturated carbocycles. The quantitative estimate of drug-likeness (QED) is 0.880. The zero-order chi connectivity index (χ0) is 15.6. The molecule has 2 nitrogen and oxygen atoms in total. The summed E-state index contributed by atoms with van der Waals surface area (Å²) in [5.74, 6) is -0.345. The summed E-state index contributed by atoms with van der Waals surface area (Å²) >= 11 is 0. The summed E-state index contributed by atoms with van der Waals surface area (Å²) in [5, 5.41) is 8.64. The molecule has 21 heavy (non-hydrogen) atoms. The van der Waals surface area contributed by atoms with Crippen LogP contribution < -0.4 is 0 Å². The molecule has 0 radical (unpaired) electrons. The van der Waals surface area contributed by atoms with Gasteiger partial charge in [-0.25, -0.2) is 0 Å². The predicted octanol–water partition coefficient (Wildman–Crippen LogP) is 4.63. The van der Waals surface area contributed by atoms with Gasteiger partial charge in [-0.05, 0) is 48.3 Å². The topological polar surface area (TPSA) is 37.3 Å². The number of hydrogen-bond donors (Lipinski definition) is 1. The van der Waals surface area contributed by atoms with E-state index in [0.717, 1.165) is 24.8 Å². The van der Waals surface area contributed by atoms with Crippen molar-refractivity contribution in [1.82, 2.24) is 0 Å². The average molecular weight is 300 g/mol. The molecule has 0 aliphatic heterocycles. The maximum atomic E-state index is 13.2. The van der Waals surface area contributed by atoms with E-state index in [0.29, 0.717) is 5.92 Å². The Bertz CT molecular complexity index is 523. The summed E-state index contributed by atoms with van der Waals surface area (Å²) in [6.45, 7) is 2.12. The molecule has 0 heterocycles. The van der Waals surface area contributed by atoms with Gasteiger partial charge in [0.1, 0.15) is 0 Å². The largest absolute Gasteiger partial charge is 0.481 e. The van der Waals surface area contributed by atoms with Crippen LogP contribution in [0.3, 0.4) is 0 Å². The van der Waals surface area contributed by atoms with E-state index in [1.165, 1.54) is 12.1 Å². The van der Waals surface area contributed by atoms with Gasteiger partial charge in [-0.3, -0.25) is 4.79 Å². The van der Waals surface area contributed by atoms with Gasteiger partial charge in [0, 0.05) is 6.42 Å². The number of aliphatic carboxylic acids is 1. The van der Waals surface area contributed by atoms with Crippen molar-refractivity contribution in [3.8, 4) is 0 Å². The highest BCUT2D eigenvalue weighted by atomic mass is 19.4. The first-order valence-electron chi connectivity index (χ1n) is 7.19. The van der Waals surface area contributed by atoms with E-state index in [1.807, 2.05) is 0 Å². The Balaban J connectivity index is 2.28. The van der Waals surface area contributed by atoms with Gasteiger partial charge in [0.2, 0.25) is 0 Å². The van der Waals surface area contributed by atoms with Crippen LogP contribution in [0.2, 0.25) is 0 Å². The van der Waals surface area contributed by atoms with Gasteiger partial charge in [-0.15, -0.1) is 0 Å². The monoisotopic (exact) mass is 300 g/mol. The van der Waals surface area contributed by atoms with E-state index in [9.17, 15) is 18.0 Å². The molecular formula is C16H19F3O2. The summed E-state index contributed by atoms with van der Waals surface area (Å²) in [6.07, 6.45) is -1.92. The minimum Gasteiger partial charge on any atom is -0.481 e. The molecule has 116 valence electrons. The van der Waals surface area contributed by atoms with Crippen molar-refractivity contribution in [3.05, 3.63) is 34.9 Å². The summed E-state index contributed by atoms with van der Waals surface area (Å²) in [5.41, 5.74) is 0.117. The first-order chi connectivity index (χ1) is 9.77. The van der Waals surface area contributed by atoms with Gasteiger partial charge in [-0.1, -0.05) is 25.5 Å². The molecule has 0 amide bonds. The van der Waals surface area contributed by atoms with Gasteiger partial charge in [0.25, 0.3) is 0 Å². The van der Waals surface area contributed by atoms with E-state index >= 15 is 0 Å². The standard InChI is InChI=1S/C16H19F3O2/c1-10-2-3-12(8-10)13-5-4-11(6-7-15(20)21)14(9-13)16(17,18)19/h4-5,9-10,12H,2-3,6-8H2,1H3,(H,20,21). The lowest BCUT2D eigenvalue weighted by Gasteiger charge is -2.17. The fourth-order valence-electron chi connectivity index (χ4n) is 3.08. The molecule has 2 rings (SSSR count). The molecule has 0 saturated heterocycles. The first-order valence-corrected chi connectivity index (χ1v) is 7.19. The van der Waals surface area contributed by atoms with Gasteiger partial charge in [0.15, 0.2) is 0 Å². The smallest absolute Gasteiger partial charge is 0.416 e. The Labute approximate surface area is 122 Å². The molecule has 5 heteroatoms. The Morgan fingerprint density at radius 2 is 2.05 bits per heavy atom. The fourth-order valence-corrected chi connectivity index (χ4v) is 3.08. The van der Waals surface area contributed by atoms with Crippen molar-refractivity contribution in [3.63, 3.8) is 0 Å². The van der Waals surface area contributed by atoms with Crippen LogP contribution >= 0.6 is 0 Å². The maximum Gasteiger partial charge on any atom is 0.416 e. The van der Waals surface area contributed by atoms with Crippen LogP contribution in [-0.4, -0.2) is 11.1 Å². The number of aryl methyl sites for hydroxylation is 1. The molecule has 1 N–H and O–H groups in total. The van der Waals surface area contributed by atoms with E-state index in [1.54, 1.807) is 6.07 Å². The van der Waals surface area contributed by atoms with Gasteiger partial charge < -0.3 is 5.11 Å². The number of hydrogen-bond acceptors (Lipinski definition) is 1. The molecule has 0 spiro atoms. The van der Waals surface area contributed by atoms with Crippen LogP contribution in [0, 0.1) is 5.92 Å². The SMILES string of the molecule is CC1CCC(c2ccc(CCC(=O)O)c(C(F)(F)F)c2)C1. The summed E-state index contributed by atoms with van der Waals surface area (Å²) in [7, 11) is 0. The van der Waals surface area contributed by atoms with Crippen molar-refractivity contribution in [2.45, 2.75) is 51.1 Å². The highest BCUT2D eigenvalue weighted by molar-refractivity contribution is 5.67. The fraction of sp³-hybridized carbons (Fsp3) is 0.562. The summed E-state index contributed by atoms with van der Waals surface area (Å²) < 4.78 is 39.5. The van der Waals surface area contributed by atoms with E-state index in [4.69, 9.17) is 5.11 Å². The Morgan fingerprint density at radius 3 is 2.57 bits per heavy atom. The number of carboxylic acids is 1. The molecule has 1 fully saturated rings. The molecule has 1 aromatic rings. The minimum absolute atomic E-state index is 0.0692. The van der Waals surface area contributed by atoms with Crippen LogP contribution in [0.15, 0.2) is 18.2 Å². The summed E-state index contributed by atoms with van der Waals surface area (Å²) in [6, 6.07) is 4.40. The van der Waals surface area contributed by atoms with Crippen molar-refractivity contribution in [1.29, 1.82) is 0 Å². The molecule has 0 aromatic heterocycles. The highest BCUT2D eigenvalue weighted by Crippen LogP contribution is 2.41. The molecule has 2 atom stereocenters. The number of carbonyl (C=O) groups is 1. The van der Waals surface area contributed by atoms with Crippen molar-refractivity contribution < 1.29 is 23.1 Å². The van der Waals surface area contributed by atoms with Crippen LogP contribution in [-0.2, 0) is 17.4 Å². The molecule has 1 aromatic carbocycles. The second kappa shape index (κ2) is 6.08. The lowest BCUT2D eigenvalue weighted by molar-refractivity contribution is -0.140. The third kappa shape index (κ3) is 3.99. The Morgan fingerprint density at radius 1 is 1.33 bits per heavy atom. The van der Waals surface area contributed by atoms with E-state index < -0.39 is 17.7 Å². The highest BCUT2D eigenvalue weighted by Gasteiger charge is 2.34. The lowest BCUT2D eigenvalue weighted by atomic mass is 9.91. The van der Waals surface area contributed by atoms with E-state index in [2.05, 4.69) is 6.92 Å². The maximum absolute atomic E-state index is 13.2. The van der Waals surface area contributed by atoms with Crippen LogP contribution in [0.4, 0.5) is 13.2 Å². The molecule has 1 aliphatic carbocycles. The van der Waals surface area contributed by atoms with E-state index in [-0.39, 0.29) is 24.3 Å². The molecule has 1 aliphatic rings. The first kappa shape index (κ1) is 15.9. The minimum atomic E-state index is -4.44.